The van der Waals surface area contributed by atoms with Gasteiger partial charge >= 0.3 is 0 Å². The monoisotopic (exact) mass is 410 g/mol. The molecule has 1 aliphatic rings. The zero-order valence-electron chi connectivity index (χ0n) is 16.1. The van der Waals surface area contributed by atoms with Crippen LogP contribution in [0.5, 0.6) is 0 Å². The lowest BCUT2D eigenvalue weighted by molar-refractivity contribution is -0.126. The molecule has 3 aromatic heterocycles. The van der Waals surface area contributed by atoms with Crippen LogP contribution < -0.4 is 5.32 Å². The molecule has 7 nitrogen and oxygen atoms in total. The molecule has 3 aromatic rings. The summed E-state index contributed by atoms with van der Waals surface area (Å²) in [6.07, 6.45) is 6.61. The SMILES string of the molecule is Cc1nc(-c2cccnc2)sc1C(=O)N1CCCC(C(=O)NCc2ccco2)C1. The van der Waals surface area contributed by atoms with Crippen molar-refractivity contribution in [3.05, 3.63) is 59.3 Å². The van der Waals surface area contributed by atoms with Gasteiger partial charge in [0, 0.05) is 31.0 Å². The largest absolute Gasteiger partial charge is 0.467 e. The lowest BCUT2D eigenvalue weighted by Gasteiger charge is -2.31. The minimum Gasteiger partial charge on any atom is -0.467 e. The molecule has 0 bridgehead atoms. The van der Waals surface area contributed by atoms with E-state index < -0.39 is 0 Å². The quantitative estimate of drug-likeness (QED) is 0.697. The molecule has 0 aromatic carbocycles. The molecule has 1 fully saturated rings. The summed E-state index contributed by atoms with van der Waals surface area (Å²) in [6.45, 7) is 3.28. The molecule has 2 amide bonds. The van der Waals surface area contributed by atoms with Gasteiger partial charge in [-0.25, -0.2) is 4.98 Å². The Morgan fingerprint density at radius 3 is 3.00 bits per heavy atom. The van der Waals surface area contributed by atoms with Crippen molar-refractivity contribution < 1.29 is 14.0 Å². The molecule has 1 N–H and O–H groups in total. The van der Waals surface area contributed by atoms with E-state index >= 15 is 0 Å². The van der Waals surface area contributed by atoms with Crippen LogP contribution in [-0.2, 0) is 11.3 Å². The number of aromatic nitrogens is 2. The summed E-state index contributed by atoms with van der Waals surface area (Å²) in [5, 5.41) is 3.68. The van der Waals surface area contributed by atoms with Crippen LogP contribution in [0.4, 0.5) is 0 Å². The highest BCUT2D eigenvalue weighted by Gasteiger charge is 2.30. The van der Waals surface area contributed by atoms with E-state index in [-0.39, 0.29) is 17.7 Å². The summed E-state index contributed by atoms with van der Waals surface area (Å²) in [4.78, 5) is 36.7. The minimum atomic E-state index is -0.214. The van der Waals surface area contributed by atoms with E-state index in [2.05, 4.69) is 15.3 Å². The van der Waals surface area contributed by atoms with Crippen LogP contribution in [0.25, 0.3) is 10.6 Å². The number of carbonyl (C=O) groups is 2. The molecule has 8 heteroatoms. The van der Waals surface area contributed by atoms with Crippen molar-refractivity contribution in [2.24, 2.45) is 5.92 Å². The van der Waals surface area contributed by atoms with Crippen LogP contribution in [0.2, 0.25) is 0 Å². The Balaban J connectivity index is 1.42. The number of aryl methyl sites for hydroxylation is 1. The Labute approximate surface area is 172 Å². The van der Waals surface area contributed by atoms with E-state index in [0.717, 1.165) is 23.4 Å². The molecule has 1 aliphatic heterocycles. The second kappa shape index (κ2) is 8.57. The number of thiazole rings is 1. The Hall–Kier alpha value is -3.00. The number of nitrogens with one attached hydrogen (secondary N) is 1. The van der Waals surface area contributed by atoms with Gasteiger partial charge in [0.1, 0.15) is 15.6 Å². The number of rotatable bonds is 5. The standard InChI is InChI=1S/C21H22N4O3S/c1-14-18(29-20(24-14)15-5-2-8-22-11-15)21(27)25-9-3-6-16(13-25)19(26)23-12-17-7-4-10-28-17/h2,4-5,7-8,10-11,16H,3,6,9,12-13H2,1H3,(H,23,26). The van der Waals surface area contributed by atoms with Gasteiger partial charge in [0.25, 0.3) is 5.91 Å². The van der Waals surface area contributed by atoms with Gasteiger partial charge in [-0.3, -0.25) is 14.6 Å². The van der Waals surface area contributed by atoms with E-state index in [4.69, 9.17) is 4.42 Å². The Kier molecular flexibility index (Phi) is 5.71. The number of hydrogen-bond donors (Lipinski definition) is 1. The number of amides is 2. The normalized spacial score (nSPS) is 16.6. The minimum absolute atomic E-state index is 0.0454. The summed E-state index contributed by atoms with van der Waals surface area (Å²) in [7, 11) is 0. The summed E-state index contributed by atoms with van der Waals surface area (Å²) in [5.41, 5.74) is 1.61. The first-order valence-electron chi connectivity index (χ1n) is 9.59. The van der Waals surface area contributed by atoms with Gasteiger partial charge in [-0.05, 0) is 44.0 Å². The first kappa shape index (κ1) is 19.3. The van der Waals surface area contributed by atoms with Crippen LogP contribution in [0, 0.1) is 12.8 Å². The van der Waals surface area contributed by atoms with E-state index in [0.29, 0.717) is 36.0 Å². The molecule has 0 saturated carbocycles. The Morgan fingerprint density at radius 1 is 1.34 bits per heavy atom. The van der Waals surface area contributed by atoms with E-state index in [9.17, 15) is 9.59 Å². The number of hydrogen-bond acceptors (Lipinski definition) is 6. The van der Waals surface area contributed by atoms with Crippen LogP contribution in [0.3, 0.4) is 0 Å². The molecule has 0 radical (unpaired) electrons. The fourth-order valence-corrected chi connectivity index (χ4v) is 4.48. The number of nitrogens with zero attached hydrogens (tertiary/aromatic N) is 3. The number of carbonyl (C=O) groups excluding carboxylic acids is 2. The first-order chi connectivity index (χ1) is 14.1. The number of likely N-dealkylation sites (tertiary alicyclic amines) is 1. The molecule has 29 heavy (non-hydrogen) atoms. The molecule has 4 rings (SSSR count). The van der Waals surface area contributed by atoms with Crippen molar-refractivity contribution in [2.75, 3.05) is 13.1 Å². The van der Waals surface area contributed by atoms with E-state index in [1.54, 1.807) is 29.6 Å². The molecule has 1 atom stereocenters. The predicted molar refractivity (Wildman–Crippen MR) is 109 cm³/mol. The van der Waals surface area contributed by atoms with Crippen LogP contribution in [0.1, 0.15) is 34.0 Å². The highest BCUT2D eigenvalue weighted by molar-refractivity contribution is 7.17. The van der Waals surface area contributed by atoms with Gasteiger partial charge in [0.2, 0.25) is 5.91 Å². The zero-order valence-corrected chi connectivity index (χ0v) is 16.9. The maximum atomic E-state index is 13.1. The van der Waals surface area contributed by atoms with E-state index in [1.165, 1.54) is 11.3 Å². The maximum absolute atomic E-state index is 13.1. The molecule has 1 saturated heterocycles. The third kappa shape index (κ3) is 4.37. The molecule has 150 valence electrons. The first-order valence-corrected chi connectivity index (χ1v) is 10.4. The average Bonchev–Trinajstić information content (AvgIpc) is 3.42. The molecule has 0 aliphatic carbocycles. The van der Waals surface area contributed by atoms with Crippen molar-refractivity contribution in [1.29, 1.82) is 0 Å². The van der Waals surface area contributed by atoms with Crippen LogP contribution >= 0.6 is 11.3 Å². The van der Waals surface area contributed by atoms with Crippen LogP contribution in [0.15, 0.2) is 47.3 Å². The summed E-state index contributed by atoms with van der Waals surface area (Å²) >= 11 is 1.38. The predicted octanol–water partition coefficient (Wildman–Crippen LogP) is 3.28. The van der Waals surface area contributed by atoms with Crippen molar-refractivity contribution in [1.82, 2.24) is 20.2 Å². The Morgan fingerprint density at radius 2 is 2.24 bits per heavy atom. The van der Waals surface area contributed by atoms with Crippen LogP contribution in [-0.4, -0.2) is 39.8 Å². The topological polar surface area (TPSA) is 88.3 Å². The summed E-state index contributed by atoms with van der Waals surface area (Å²) in [6, 6.07) is 7.40. The third-order valence-corrected chi connectivity index (χ3v) is 6.19. The smallest absolute Gasteiger partial charge is 0.265 e. The van der Waals surface area contributed by atoms with E-state index in [1.807, 2.05) is 25.1 Å². The zero-order chi connectivity index (χ0) is 20.2. The molecular weight excluding hydrogens is 388 g/mol. The van der Waals surface area contributed by atoms with Gasteiger partial charge in [0.15, 0.2) is 0 Å². The highest BCUT2D eigenvalue weighted by atomic mass is 32.1. The van der Waals surface area contributed by atoms with Gasteiger partial charge < -0.3 is 14.6 Å². The van der Waals surface area contributed by atoms with Crippen molar-refractivity contribution >= 4 is 23.2 Å². The fraction of sp³-hybridized carbons (Fsp3) is 0.333. The number of piperidine rings is 1. The van der Waals surface area contributed by atoms with Gasteiger partial charge in [0.05, 0.1) is 24.4 Å². The summed E-state index contributed by atoms with van der Waals surface area (Å²) < 4.78 is 5.25. The average molecular weight is 410 g/mol. The molecular formula is C21H22N4O3S. The highest BCUT2D eigenvalue weighted by Crippen LogP contribution is 2.29. The van der Waals surface area contributed by atoms with Gasteiger partial charge in [-0.2, -0.15) is 0 Å². The van der Waals surface area contributed by atoms with Crippen molar-refractivity contribution in [2.45, 2.75) is 26.3 Å². The molecule has 0 spiro atoms. The second-order valence-corrected chi connectivity index (χ2v) is 8.06. The second-order valence-electron chi connectivity index (χ2n) is 7.06. The number of pyridine rings is 1. The molecule has 4 heterocycles. The van der Waals surface area contributed by atoms with Gasteiger partial charge in [-0.1, -0.05) is 0 Å². The van der Waals surface area contributed by atoms with Crippen molar-refractivity contribution in [3.63, 3.8) is 0 Å². The lowest BCUT2D eigenvalue weighted by atomic mass is 9.97. The summed E-state index contributed by atoms with van der Waals surface area (Å²) in [5.74, 6) is 0.397. The fourth-order valence-electron chi connectivity index (χ4n) is 3.46. The number of furan rings is 1. The molecule has 1 unspecified atom stereocenters. The van der Waals surface area contributed by atoms with Crippen molar-refractivity contribution in [3.8, 4) is 10.6 Å². The lowest BCUT2D eigenvalue weighted by Crippen LogP contribution is -2.45. The Bertz CT molecular complexity index is 985. The van der Waals surface area contributed by atoms with Gasteiger partial charge in [-0.15, -0.1) is 11.3 Å². The third-order valence-electron chi connectivity index (χ3n) is 5.00. The maximum Gasteiger partial charge on any atom is 0.265 e.